The van der Waals surface area contributed by atoms with E-state index < -0.39 is 0 Å². The van der Waals surface area contributed by atoms with Gasteiger partial charge in [-0.1, -0.05) is 35.2 Å². The van der Waals surface area contributed by atoms with E-state index in [2.05, 4.69) is 25.1 Å². The number of nitrogens with two attached hydrogens (primary N) is 1. The molecule has 0 amide bonds. The zero-order valence-corrected chi connectivity index (χ0v) is 10.9. The van der Waals surface area contributed by atoms with Crippen LogP contribution in [-0.2, 0) is 39.3 Å². The van der Waals surface area contributed by atoms with Gasteiger partial charge in [-0.05, 0) is 0 Å². The largest absolute Gasteiger partial charge is 0.327 e. The van der Waals surface area contributed by atoms with Crippen LogP contribution in [0.2, 0.25) is 0 Å². The van der Waals surface area contributed by atoms with Gasteiger partial charge in [-0.25, -0.2) is 0 Å². The zero-order chi connectivity index (χ0) is 9.26. The summed E-state index contributed by atoms with van der Waals surface area (Å²) >= 11 is 0. The summed E-state index contributed by atoms with van der Waals surface area (Å²) in [6.07, 6.45) is 0. The van der Waals surface area contributed by atoms with Crippen LogP contribution in [0.25, 0.3) is 10.8 Å². The molecule has 0 heterocycles. The van der Waals surface area contributed by atoms with Crippen LogP contribution in [0.3, 0.4) is 0 Å². The van der Waals surface area contributed by atoms with Gasteiger partial charge in [-0.3, -0.25) is 0 Å². The Morgan fingerprint density at radius 3 is 2.36 bits per heavy atom. The van der Waals surface area contributed by atoms with Crippen molar-refractivity contribution in [2.24, 2.45) is 5.73 Å². The molecule has 0 fully saturated rings. The van der Waals surface area contributed by atoms with E-state index in [0.29, 0.717) is 6.54 Å². The molecule has 0 spiro atoms. The van der Waals surface area contributed by atoms with Crippen molar-refractivity contribution in [2.75, 3.05) is 0 Å². The third kappa shape index (κ3) is 2.00. The van der Waals surface area contributed by atoms with E-state index in [9.17, 15) is 0 Å². The van der Waals surface area contributed by atoms with E-state index in [0.717, 1.165) is 5.56 Å². The molecule has 2 aromatic rings. The van der Waals surface area contributed by atoms with Crippen LogP contribution in [-0.4, -0.2) is 0 Å². The van der Waals surface area contributed by atoms with Crippen molar-refractivity contribution in [1.29, 1.82) is 0 Å². The molecule has 0 aliphatic rings. The standard InChI is InChI=1S/C12H12N.Y/c1-9-4-2-5-10-6-3-7-11(8-13)12(9)10;/h2-7H,1,8,13H2;/q-1;. The van der Waals surface area contributed by atoms with Gasteiger partial charge in [0.2, 0.25) is 0 Å². The summed E-state index contributed by atoms with van der Waals surface area (Å²) in [4.78, 5) is 0. The first-order valence-electron chi connectivity index (χ1n) is 4.35. The van der Waals surface area contributed by atoms with Crippen molar-refractivity contribution in [2.45, 2.75) is 6.54 Å². The Morgan fingerprint density at radius 2 is 1.71 bits per heavy atom. The van der Waals surface area contributed by atoms with Crippen LogP contribution in [0, 0.1) is 6.92 Å². The van der Waals surface area contributed by atoms with Crippen LogP contribution >= 0.6 is 0 Å². The zero-order valence-electron chi connectivity index (χ0n) is 8.03. The summed E-state index contributed by atoms with van der Waals surface area (Å²) < 4.78 is 0. The molecule has 2 aromatic carbocycles. The number of hydrogen-bond donors (Lipinski definition) is 1. The fourth-order valence-electron chi connectivity index (χ4n) is 1.67. The van der Waals surface area contributed by atoms with Gasteiger partial charge in [-0.2, -0.15) is 18.6 Å². The van der Waals surface area contributed by atoms with Crippen molar-refractivity contribution >= 4 is 10.8 Å². The van der Waals surface area contributed by atoms with E-state index in [4.69, 9.17) is 5.73 Å². The van der Waals surface area contributed by atoms with Crippen LogP contribution in [0.1, 0.15) is 11.1 Å². The molecule has 14 heavy (non-hydrogen) atoms. The smallest absolute Gasteiger partial charge is 0.00699 e. The number of fused-ring (bicyclic) bond motifs is 1. The molecule has 0 aliphatic carbocycles. The summed E-state index contributed by atoms with van der Waals surface area (Å²) in [6, 6.07) is 12.3. The molecule has 2 rings (SSSR count). The van der Waals surface area contributed by atoms with Gasteiger partial charge in [0.1, 0.15) is 0 Å². The van der Waals surface area contributed by atoms with Crippen molar-refractivity contribution in [3.63, 3.8) is 0 Å². The SMILES string of the molecule is [CH2-]c1cccc2cccc(CN)c12.[Y]. The van der Waals surface area contributed by atoms with Gasteiger partial charge in [-0.15, -0.1) is 11.5 Å². The summed E-state index contributed by atoms with van der Waals surface area (Å²) in [5, 5.41) is 2.42. The fourth-order valence-corrected chi connectivity index (χ4v) is 1.67. The molecule has 0 unspecified atom stereocenters. The molecule has 2 heteroatoms. The molecule has 0 aliphatic heterocycles. The summed E-state index contributed by atoms with van der Waals surface area (Å²) in [7, 11) is 0. The van der Waals surface area contributed by atoms with Gasteiger partial charge < -0.3 is 5.73 Å². The molecule has 1 nitrogen and oxygen atoms in total. The minimum atomic E-state index is 0. The van der Waals surface area contributed by atoms with Gasteiger partial charge >= 0.3 is 0 Å². The molecule has 0 aromatic heterocycles. The maximum Gasteiger partial charge on any atom is 0.00699 e. The monoisotopic (exact) mass is 259 g/mol. The predicted octanol–water partition coefficient (Wildman–Crippen LogP) is 2.48. The minimum Gasteiger partial charge on any atom is -0.327 e. The second-order valence-electron chi connectivity index (χ2n) is 3.14. The molecular formula is C12H12NY-. The molecule has 2 N–H and O–H groups in total. The van der Waals surface area contributed by atoms with E-state index in [-0.39, 0.29) is 32.7 Å². The number of rotatable bonds is 1. The Kier molecular flexibility index (Phi) is 4.12. The normalized spacial score (nSPS) is 9.79. The predicted molar refractivity (Wildman–Crippen MR) is 56.3 cm³/mol. The quantitative estimate of drug-likeness (QED) is 0.782. The molecule has 0 saturated heterocycles. The van der Waals surface area contributed by atoms with Gasteiger partial charge in [0.15, 0.2) is 0 Å². The van der Waals surface area contributed by atoms with Crippen LogP contribution in [0.5, 0.6) is 0 Å². The van der Waals surface area contributed by atoms with E-state index in [1.54, 1.807) is 0 Å². The number of benzene rings is 2. The molecule has 0 saturated carbocycles. The molecule has 0 bridgehead atoms. The molecule has 0 atom stereocenters. The maximum absolute atomic E-state index is 5.66. The summed E-state index contributed by atoms with van der Waals surface area (Å²) in [6.45, 7) is 4.58. The van der Waals surface area contributed by atoms with Crippen LogP contribution < -0.4 is 5.73 Å². The average molecular weight is 259 g/mol. The minimum absolute atomic E-state index is 0. The number of hydrogen-bond acceptors (Lipinski definition) is 1. The molecule has 69 valence electrons. The first-order chi connectivity index (χ1) is 6.33. The average Bonchev–Trinajstić information content (AvgIpc) is 2.17. The van der Waals surface area contributed by atoms with E-state index >= 15 is 0 Å². The van der Waals surface area contributed by atoms with Crippen LogP contribution in [0.15, 0.2) is 36.4 Å². The third-order valence-electron chi connectivity index (χ3n) is 2.30. The molecular weight excluding hydrogens is 247 g/mol. The Labute approximate surface area is 110 Å². The summed E-state index contributed by atoms with van der Waals surface area (Å²) in [5.74, 6) is 0. The van der Waals surface area contributed by atoms with Crippen molar-refractivity contribution in [3.05, 3.63) is 54.4 Å². The van der Waals surface area contributed by atoms with Gasteiger partial charge in [0, 0.05) is 39.3 Å². The first-order valence-corrected chi connectivity index (χ1v) is 4.35. The van der Waals surface area contributed by atoms with Gasteiger partial charge in [0.05, 0.1) is 0 Å². The Hall–Kier alpha value is -0.366. The Bertz CT molecular complexity index is 432. The first kappa shape index (κ1) is 11.7. The van der Waals surface area contributed by atoms with E-state index in [1.807, 2.05) is 18.2 Å². The summed E-state index contributed by atoms with van der Waals surface area (Å²) in [5.41, 5.74) is 7.88. The third-order valence-corrected chi connectivity index (χ3v) is 2.30. The van der Waals surface area contributed by atoms with Crippen molar-refractivity contribution in [3.8, 4) is 0 Å². The second kappa shape index (κ2) is 4.92. The Morgan fingerprint density at radius 1 is 1.07 bits per heavy atom. The topological polar surface area (TPSA) is 26.0 Å². The maximum atomic E-state index is 5.66. The van der Waals surface area contributed by atoms with Crippen LogP contribution in [0.4, 0.5) is 0 Å². The second-order valence-corrected chi connectivity index (χ2v) is 3.14. The molecule has 1 radical (unpaired) electrons. The van der Waals surface area contributed by atoms with E-state index in [1.165, 1.54) is 16.3 Å². The Balaban J connectivity index is 0.000000980. The van der Waals surface area contributed by atoms with Crippen molar-refractivity contribution < 1.29 is 32.7 Å². The van der Waals surface area contributed by atoms with Crippen molar-refractivity contribution in [1.82, 2.24) is 0 Å². The van der Waals surface area contributed by atoms with Gasteiger partial charge in [0.25, 0.3) is 0 Å². The fraction of sp³-hybridized carbons (Fsp3) is 0.0833.